The van der Waals surface area contributed by atoms with E-state index in [1.54, 1.807) is 0 Å². The predicted octanol–water partition coefficient (Wildman–Crippen LogP) is 4.37. The monoisotopic (exact) mass is 272 g/mol. The molecule has 0 aliphatic heterocycles. The third kappa shape index (κ3) is 2.39. The van der Waals surface area contributed by atoms with Crippen molar-refractivity contribution >= 4 is 5.78 Å². The summed E-state index contributed by atoms with van der Waals surface area (Å²) in [5, 5.41) is 9.80. The van der Waals surface area contributed by atoms with Crippen LogP contribution in [0, 0.1) is 27.7 Å². The molecule has 0 amide bonds. The van der Waals surface area contributed by atoms with Gasteiger partial charge in [-0.2, -0.15) is 0 Å². The number of aliphatic hydroxyl groups excluding tert-OH is 1. The van der Waals surface area contributed by atoms with Crippen molar-refractivity contribution in [2.24, 2.45) is 0 Å². The summed E-state index contributed by atoms with van der Waals surface area (Å²) in [4.78, 5) is 11.8. The van der Waals surface area contributed by atoms with E-state index in [4.69, 9.17) is 0 Å². The third-order valence-corrected chi connectivity index (χ3v) is 4.86. The zero-order valence-electron chi connectivity index (χ0n) is 13.1. The smallest absolute Gasteiger partial charge is 0.159 e. The summed E-state index contributed by atoms with van der Waals surface area (Å²) >= 11 is 0. The van der Waals surface area contributed by atoms with Crippen molar-refractivity contribution in [1.29, 1.82) is 0 Å². The quantitative estimate of drug-likeness (QED) is 0.868. The molecule has 2 rings (SSSR count). The van der Waals surface area contributed by atoms with Crippen LogP contribution in [0.4, 0.5) is 0 Å². The van der Waals surface area contributed by atoms with Crippen LogP contribution in [-0.2, 0) is 11.2 Å². The summed E-state index contributed by atoms with van der Waals surface area (Å²) in [6.07, 6.45) is 3.45. The number of carbonyl (C=O) groups is 1. The lowest BCUT2D eigenvalue weighted by Crippen LogP contribution is -2.17. The van der Waals surface area contributed by atoms with E-state index < -0.39 is 0 Å². The predicted molar refractivity (Wildman–Crippen MR) is 82.5 cm³/mol. The van der Waals surface area contributed by atoms with Crippen LogP contribution in [0.15, 0.2) is 11.8 Å². The van der Waals surface area contributed by atoms with E-state index >= 15 is 0 Å². The van der Waals surface area contributed by atoms with Crippen molar-refractivity contribution in [1.82, 2.24) is 0 Å². The van der Waals surface area contributed by atoms with Crippen molar-refractivity contribution < 1.29 is 9.90 Å². The number of carbonyl (C=O) groups excluding carboxylic acids is 1. The van der Waals surface area contributed by atoms with Gasteiger partial charge in [-0.1, -0.05) is 6.92 Å². The van der Waals surface area contributed by atoms with Crippen LogP contribution in [-0.4, -0.2) is 10.9 Å². The topological polar surface area (TPSA) is 37.3 Å². The fourth-order valence-electron chi connectivity index (χ4n) is 3.50. The molecule has 1 atom stereocenters. The van der Waals surface area contributed by atoms with Crippen LogP contribution in [0.3, 0.4) is 0 Å². The van der Waals surface area contributed by atoms with E-state index in [9.17, 15) is 9.90 Å². The number of ketones is 1. The van der Waals surface area contributed by atoms with Gasteiger partial charge in [0.15, 0.2) is 5.78 Å². The number of hydrogen-bond donors (Lipinski definition) is 1. The van der Waals surface area contributed by atoms with Crippen LogP contribution in [0.5, 0.6) is 0 Å². The molecule has 2 nitrogen and oxygen atoms in total. The fourth-order valence-corrected chi connectivity index (χ4v) is 3.50. The number of benzene rings is 1. The van der Waals surface area contributed by atoms with Crippen molar-refractivity contribution in [2.45, 2.75) is 59.8 Å². The Kier molecular flexibility index (Phi) is 4.03. The molecule has 1 unspecified atom stereocenters. The summed E-state index contributed by atoms with van der Waals surface area (Å²) in [7, 11) is 0. The number of hydrogen-bond acceptors (Lipinski definition) is 2. The maximum Gasteiger partial charge on any atom is 0.159 e. The normalized spacial score (nSPS) is 19.1. The van der Waals surface area contributed by atoms with Crippen LogP contribution in [0.25, 0.3) is 0 Å². The first-order valence-electron chi connectivity index (χ1n) is 7.38. The first kappa shape index (κ1) is 14.8. The second-order valence-electron chi connectivity index (χ2n) is 5.95. The first-order chi connectivity index (χ1) is 9.36. The first-order valence-corrected chi connectivity index (χ1v) is 7.38. The highest BCUT2D eigenvalue weighted by Crippen LogP contribution is 2.38. The molecule has 1 aliphatic carbocycles. The Morgan fingerprint density at radius 2 is 1.65 bits per heavy atom. The highest BCUT2D eigenvalue weighted by molar-refractivity contribution is 5.91. The molecule has 0 saturated carbocycles. The standard InChI is InChI=1S/C18H24O2/c1-6-17-12(4)10(2)11(3)13(5)18(17)14-7-15(19)9-16(20)8-14/h9,14,19H,6-8H2,1-5H3. The lowest BCUT2D eigenvalue weighted by atomic mass is 9.77. The Balaban J connectivity index is 2.62. The molecule has 0 heterocycles. The van der Waals surface area contributed by atoms with Crippen molar-refractivity contribution in [3.63, 3.8) is 0 Å². The molecule has 0 spiro atoms. The molecule has 20 heavy (non-hydrogen) atoms. The Bertz CT molecular complexity index is 594. The second kappa shape index (κ2) is 5.43. The van der Waals surface area contributed by atoms with Crippen molar-refractivity contribution in [2.75, 3.05) is 0 Å². The van der Waals surface area contributed by atoms with Gasteiger partial charge in [0.2, 0.25) is 0 Å². The highest BCUT2D eigenvalue weighted by Gasteiger charge is 2.27. The zero-order chi connectivity index (χ0) is 15.0. The molecule has 0 radical (unpaired) electrons. The van der Waals surface area contributed by atoms with Gasteiger partial charge < -0.3 is 5.11 Å². The second-order valence-corrected chi connectivity index (χ2v) is 5.95. The minimum absolute atomic E-state index is 0.0380. The number of allylic oxidation sites excluding steroid dienone is 2. The lowest BCUT2D eigenvalue weighted by Gasteiger charge is -2.27. The summed E-state index contributed by atoms with van der Waals surface area (Å²) in [6, 6.07) is 0. The summed E-state index contributed by atoms with van der Waals surface area (Å²) < 4.78 is 0. The molecular formula is C18H24O2. The third-order valence-electron chi connectivity index (χ3n) is 4.86. The number of aliphatic hydroxyl groups is 1. The molecule has 1 aromatic rings. The fraction of sp³-hybridized carbons (Fsp3) is 0.500. The average molecular weight is 272 g/mol. The Hall–Kier alpha value is -1.57. The van der Waals surface area contributed by atoms with Gasteiger partial charge >= 0.3 is 0 Å². The summed E-state index contributed by atoms with van der Waals surface area (Å²) in [5.41, 5.74) is 7.95. The Labute approximate surface area is 121 Å². The van der Waals surface area contributed by atoms with Gasteiger partial charge in [0.05, 0.1) is 5.76 Å². The molecule has 0 saturated heterocycles. The van der Waals surface area contributed by atoms with E-state index in [0.717, 1.165) is 6.42 Å². The Morgan fingerprint density at radius 3 is 2.20 bits per heavy atom. The summed E-state index contributed by atoms with van der Waals surface area (Å²) in [5.74, 6) is 0.389. The van der Waals surface area contributed by atoms with Crippen LogP contribution >= 0.6 is 0 Å². The van der Waals surface area contributed by atoms with Crippen molar-refractivity contribution in [3.8, 4) is 0 Å². The van der Waals surface area contributed by atoms with E-state index in [1.165, 1.54) is 39.5 Å². The zero-order valence-corrected chi connectivity index (χ0v) is 13.1. The molecule has 1 N–H and O–H groups in total. The van der Waals surface area contributed by atoms with Gasteiger partial charge in [0.1, 0.15) is 0 Å². The minimum Gasteiger partial charge on any atom is -0.512 e. The Morgan fingerprint density at radius 1 is 1.05 bits per heavy atom. The molecule has 1 aliphatic rings. The van der Waals surface area contributed by atoms with E-state index in [0.29, 0.717) is 12.8 Å². The van der Waals surface area contributed by atoms with E-state index in [2.05, 4.69) is 34.6 Å². The molecule has 108 valence electrons. The highest BCUT2D eigenvalue weighted by atomic mass is 16.3. The van der Waals surface area contributed by atoms with Gasteiger partial charge in [-0.15, -0.1) is 0 Å². The van der Waals surface area contributed by atoms with E-state index in [-0.39, 0.29) is 17.5 Å². The van der Waals surface area contributed by atoms with Gasteiger partial charge in [-0.05, 0) is 73.4 Å². The van der Waals surface area contributed by atoms with Gasteiger partial charge in [0, 0.05) is 18.9 Å². The van der Waals surface area contributed by atoms with Crippen LogP contribution < -0.4 is 0 Å². The van der Waals surface area contributed by atoms with Gasteiger partial charge in [-0.25, -0.2) is 0 Å². The van der Waals surface area contributed by atoms with Crippen molar-refractivity contribution in [3.05, 3.63) is 45.2 Å². The largest absolute Gasteiger partial charge is 0.512 e. The molecule has 0 fully saturated rings. The molecule has 0 aromatic heterocycles. The van der Waals surface area contributed by atoms with Crippen LogP contribution in [0.1, 0.15) is 59.1 Å². The lowest BCUT2D eigenvalue weighted by molar-refractivity contribution is -0.115. The van der Waals surface area contributed by atoms with Gasteiger partial charge in [0.25, 0.3) is 0 Å². The molecule has 1 aromatic carbocycles. The molecule has 2 heteroatoms. The van der Waals surface area contributed by atoms with Crippen LogP contribution in [0.2, 0.25) is 0 Å². The minimum atomic E-state index is 0.0380. The number of rotatable bonds is 2. The molecule has 0 bridgehead atoms. The SMILES string of the molecule is CCc1c(C)c(C)c(C)c(C)c1C1CC(=O)C=C(O)C1. The molecular weight excluding hydrogens is 248 g/mol. The maximum absolute atomic E-state index is 11.8. The average Bonchev–Trinajstić information content (AvgIpc) is 2.39. The van der Waals surface area contributed by atoms with Gasteiger partial charge in [-0.3, -0.25) is 4.79 Å². The van der Waals surface area contributed by atoms with E-state index in [1.807, 2.05) is 0 Å². The summed E-state index contributed by atoms with van der Waals surface area (Å²) in [6.45, 7) is 10.8. The maximum atomic E-state index is 11.8.